The van der Waals surface area contributed by atoms with E-state index in [0.29, 0.717) is 12.5 Å². The Kier molecular flexibility index (Phi) is 2.56. The predicted octanol–water partition coefficient (Wildman–Crippen LogP) is 1.46. The standard InChI is InChI=1S/C14H12BN3/c15-11-5-3-4-10(8-11)9-18-13-7-2-1-6-12(13)17-14(18)16/h1-8H,9H2,(H2,16,17). The molecule has 2 aromatic carbocycles. The van der Waals surface area contributed by atoms with E-state index in [2.05, 4.69) is 4.98 Å². The monoisotopic (exact) mass is 233 g/mol. The highest BCUT2D eigenvalue weighted by molar-refractivity contribution is 6.32. The summed E-state index contributed by atoms with van der Waals surface area (Å²) in [6, 6.07) is 15.7. The van der Waals surface area contributed by atoms with Crippen LogP contribution in [0.5, 0.6) is 0 Å². The first-order chi connectivity index (χ1) is 8.74. The fraction of sp³-hybridized carbons (Fsp3) is 0.0714. The molecule has 3 nitrogen and oxygen atoms in total. The van der Waals surface area contributed by atoms with Gasteiger partial charge < -0.3 is 10.3 Å². The summed E-state index contributed by atoms with van der Waals surface area (Å²) in [5.41, 5.74) is 9.79. The first-order valence-corrected chi connectivity index (χ1v) is 5.79. The molecule has 3 aromatic rings. The quantitative estimate of drug-likeness (QED) is 0.681. The first kappa shape index (κ1) is 10.9. The zero-order valence-corrected chi connectivity index (χ0v) is 9.88. The van der Waals surface area contributed by atoms with Crippen LogP contribution >= 0.6 is 0 Å². The molecule has 0 spiro atoms. The molecule has 0 fully saturated rings. The second-order valence-electron chi connectivity index (χ2n) is 4.29. The lowest BCUT2D eigenvalue weighted by Gasteiger charge is -2.07. The number of benzene rings is 2. The van der Waals surface area contributed by atoms with Gasteiger partial charge in [-0.1, -0.05) is 41.9 Å². The van der Waals surface area contributed by atoms with E-state index in [1.54, 1.807) is 0 Å². The number of rotatable bonds is 2. The van der Waals surface area contributed by atoms with Crippen LogP contribution in [0.1, 0.15) is 5.56 Å². The Hall–Kier alpha value is -2.23. The number of aromatic nitrogens is 2. The molecule has 1 aromatic heterocycles. The van der Waals surface area contributed by atoms with Crippen molar-refractivity contribution in [2.45, 2.75) is 6.54 Å². The highest BCUT2D eigenvalue weighted by Crippen LogP contribution is 2.18. The Balaban J connectivity index is 2.07. The van der Waals surface area contributed by atoms with Crippen LogP contribution in [0.25, 0.3) is 11.0 Å². The van der Waals surface area contributed by atoms with Gasteiger partial charge in [0.25, 0.3) is 0 Å². The molecule has 2 radical (unpaired) electrons. The van der Waals surface area contributed by atoms with Gasteiger partial charge in [0.2, 0.25) is 5.95 Å². The summed E-state index contributed by atoms with van der Waals surface area (Å²) in [6.45, 7) is 0.678. The SMILES string of the molecule is [B]c1cccc(Cn2c(N)nc3ccccc32)c1. The number of imidazole rings is 1. The lowest BCUT2D eigenvalue weighted by molar-refractivity contribution is 0.839. The van der Waals surface area contributed by atoms with Gasteiger partial charge in [-0.15, -0.1) is 0 Å². The van der Waals surface area contributed by atoms with Gasteiger partial charge in [0.15, 0.2) is 0 Å². The molecule has 0 aliphatic carbocycles. The molecule has 86 valence electrons. The zero-order chi connectivity index (χ0) is 12.5. The van der Waals surface area contributed by atoms with Crippen LogP contribution in [0, 0.1) is 0 Å². The Labute approximate surface area is 107 Å². The number of fused-ring (bicyclic) bond motifs is 1. The molecule has 0 saturated heterocycles. The second kappa shape index (κ2) is 4.22. The third kappa shape index (κ3) is 1.86. The maximum absolute atomic E-state index is 5.96. The van der Waals surface area contributed by atoms with Gasteiger partial charge in [-0.05, 0) is 17.7 Å². The van der Waals surface area contributed by atoms with Gasteiger partial charge >= 0.3 is 0 Å². The highest BCUT2D eigenvalue weighted by atomic mass is 15.1. The third-order valence-corrected chi connectivity index (χ3v) is 2.98. The molecule has 4 heteroatoms. The summed E-state index contributed by atoms with van der Waals surface area (Å²) < 4.78 is 1.99. The van der Waals surface area contributed by atoms with Crippen LogP contribution in [-0.2, 0) is 6.54 Å². The number of hydrogen-bond donors (Lipinski definition) is 1. The van der Waals surface area contributed by atoms with E-state index in [4.69, 9.17) is 13.6 Å². The highest BCUT2D eigenvalue weighted by Gasteiger charge is 2.07. The van der Waals surface area contributed by atoms with Crippen molar-refractivity contribution in [2.24, 2.45) is 0 Å². The molecular weight excluding hydrogens is 221 g/mol. The van der Waals surface area contributed by atoms with Crippen molar-refractivity contribution in [3.63, 3.8) is 0 Å². The van der Waals surface area contributed by atoms with Crippen molar-refractivity contribution in [3.05, 3.63) is 54.1 Å². The van der Waals surface area contributed by atoms with E-state index in [0.717, 1.165) is 22.1 Å². The van der Waals surface area contributed by atoms with Gasteiger partial charge in [-0.2, -0.15) is 0 Å². The van der Waals surface area contributed by atoms with E-state index in [1.807, 2.05) is 53.1 Å². The molecule has 1 heterocycles. The van der Waals surface area contributed by atoms with Crippen LogP contribution in [0.15, 0.2) is 48.5 Å². The topological polar surface area (TPSA) is 43.8 Å². The third-order valence-electron chi connectivity index (χ3n) is 2.98. The fourth-order valence-corrected chi connectivity index (χ4v) is 2.13. The summed E-state index contributed by atoms with van der Waals surface area (Å²) in [6.07, 6.45) is 0. The van der Waals surface area contributed by atoms with E-state index in [-0.39, 0.29) is 0 Å². The van der Waals surface area contributed by atoms with Crippen LogP contribution in [0.2, 0.25) is 0 Å². The summed E-state index contributed by atoms with van der Waals surface area (Å²) in [4.78, 5) is 4.34. The second-order valence-corrected chi connectivity index (χ2v) is 4.29. The molecule has 0 amide bonds. The van der Waals surface area contributed by atoms with Crippen molar-refractivity contribution < 1.29 is 0 Å². The van der Waals surface area contributed by atoms with E-state index >= 15 is 0 Å². The lowest BCUT2D eigenvalue weighted by atomic mass is 9.94. The smallest absolute Gasteiger partial charge is 0.201 e. The largest absolute Gasteiger partial charge is 0.369 e. The minimum atomic E-state index is 0.527. The lowest BCUT2D eigenvalue weighted by Crippen LogP contribution is -2.08. The first-order valence-electron chi connectivity index (χ1n) is 5.79. The summed E-state index contributed by atoms with van der Waals surface area (Å²) in [7, 11) is 5.78. The van der Waals surface area contributed by atoms with Crippen molar-refractivity contribution in [1.29, 1.82) is 0 Å². The molecule has 18 heavy (non-hydrogen) atoms. The number of nitrogens with two attached hydrogens (primary N) is 1. The Morgan fingerprint density at radius 2 is 1.94 bits per heavy atom. The van der Waals surface area contributed by atoms with Crippen LogP contribution in [0.4, 0.5) is 5.95 Å². The summed E-state index contributed by atoms with van der Waals surface area (Å²) in [5.74, 6) is 0.527. The average Bonchev–Trinajstić information content (AvgIpc) is 2.66. The van der Waals surface area contributed by atoms with E-state index < -0.39 is 0 Å². The Morgan fingerprint density at radius 3 is 2.78 bits per heavy atom. The molecule has 0 saturated carbocycles. The van der Waals surface area contributed by atoms with Crippen molar-refractivity contribution in [1.82, 2.24) is 9.55 Å². The van der Waals surface area contributed by atoms with Crippen molar-refractivity contribution in [3.8, 4) is 0 Å². The average molecular weight is 233 g/mol. The fourth-order valence-electron chi connectivity index (χ4n) is 2.13. The van der Waals surface area contributed by atoms with Crippen LogP contribution in [-0.4, -0.2) is 17.4 Å². The maximum atomic E-state index is 5.96. The molecule has 0 aliphatic heterocycles. The van der Waals surface area contributed by atoms with Gasteiger partial charge in [-0.25, -0.2) is 4.98 Å². The van der Waals surface area contributed by atoms with E-state index in [1.165, 1.54) is 0 Å². The van der Waals surface area contributed by atoms with Gasteiger partial charge in [-0.3, -0.25) is 0 Å². The molecule has 0 unspecified atom stereocenters. The summed E-state index contributed by atoms with van der Waals surface area (Å²) in [5, 5.41) is 0. The van der Waals surface area contributed by atoms with Crippen LogP contribution < -0.4 is 11.2 Å². The van der Waals surface area contributed by atoms with Crippen molar-refractivity contribution >= 4 is 30.3 Å². The minimum absolute atomic E-state index is 0.527. The minimum Gasteiger partial charge on any atom is -0.369 e. The molecule has 0 aliphatic rings. The Morgan fingerprint density at radius 1 is 1.11 bits per heavy atom. The van der Waals surface area contributed by atoms with Gasteiger partial charge in [0.05, 0.1) is 17.6 Å². The molecule has 3 rings (SSSR count). The number of anilines is 1. The number of nitrogen functional groups attached to an aromatic ring is 1. The van der Waals surface area contributed by atoms with Crippen molar-refractivity contribution in [2.75, 3.05) is 5.73 Å². The van der Waals surface area contributed by atoms with Gasteiger partial charge in [0, 0.05) is 0 Å². The molecular formula is C14H12BN3. The zero-order valence-electron chi connectivity index (χ0n) is 9.88. The normalized spacial score (nSPS) is 10.9. The number of hydrogen-bond acceptors (Lipinski definition) is 2. The molecule has 2 N–H and O–H groups in total. The van der Waals surface area contributed by atoms with Crippen LogP contribution in [0.3, 0.4) is 0 Å². The molecule has 0 atom stereocenters. The Bertz CT molecular complexity index is 703. The summed E-state index contributed by atoms with van der Waals surface area (Å²) >= 11 is 0. The maximum Gasteiger partial charge on any atom is 0.201 e. The number of para-hydroxylation sites is 2. The van der Waals surface area contributed by atoms with E-state index in [9.17, 15) is 0 Å². The van der Waals surface area contributed by atoms with Gasteiger partial charge in [0.1, 0.15) is 7.85 Å². The molecule has 0 bridgehead atoms. The predicted molar refractivity (Wildman–Crippen MR) is 75.1 cm³/mol. The number of nitrogens with zero attached hydrogens (tertiary/aromatic N) is 2.